The average molecular weight is 277 g/mol. The predicted molar refractivity (Wildman–Crippen MR) is 73.4 cm³/mol. The molecule has 1 N–H and O–H groups in total. The molecule has 1 atom stereocenters. The lowest BCUT2D eigenvalue weighted by Crippen LogP contribution is -2.48. The molecule has 108 valence electrons. The van der Waals surface area contributed by atoms with E-state index >= 15 is 0 Å². The quantitative estimate of drug-likeness (QED) is 0.913. The summed E-state index contributed by atoms with van der Waals surface area (Å²) in [5, 5.41) is 9.28. The number of hydrogen-bond donors (Lipinski definition) is 1. The fraction of sp³-hybridized carbons (Fsp3) is 0.467. The zero-order chi connectivity index (χ0) is 14.8. The number of hydrogen-bond acceptors (Lipinski definition) is 3. The Labute approximate surface area is 118 Å². The second-order valence-electron chi connectivity index (χ2n) is 5.46. The van der Waals surface area contributed by atoms with Crippen LogP contribution in [0.4, 0.5) is 0 Å². The molecule has 0 aliphatic carbocycles. The van der Waals surface area contributed by atoms with Gasteiger partial charge in [0.1, 0.15) is 5.75 Å². The summed E-state index contributed by atoms with van der Waals surface area (Å²) in [6.07, 6.45) is 0.694. The van der Waals surface area contributed by atoms with E-state index in [1.54, 1.807) is 18.9 Å². The number of amides is 1. The number of likely N-dealkylation sites (tertiary alicyclic amines) is 1. The van der Waals surface area contributed by atoms with Crippen LogP contribution in [0.15, 0.2) is 24.3 Å². The van der Waals surface area contributed by atoms with Crippen LogP contribution in [0.1, 0.15) is 25.3 Å². The van der Waals surface area contributed by atoms with Crippen LogP contribution in [0.3, 0.4) is 0 Å². The van der Waals surface area contributed by atoms with Crippen LogP contribution < -0.4 is 4.74 Å². The first-order chi connectivity index (χ1) is 9.44. The second-order valence-corrected chi connectivity index (χ2v) is 5.46. The van der Waals surface area contributed by atoms with Crippen LogP contribution in [0.2, 0.25) is 0 Å². The first kappa shape index (κ1) is 14.4. The molecule has 0 bridgehead atoms. The summed E-state index contributed by atoms with van der Waals surface area (Å²) in [6, 6.07) is 7.44. The smallest absolute Gasteiger partial charge is 0.311 e. The first-order valence-corrected chi connectivity index (χ1v) is 6.59. The molecule has 1 saturated heterocycles. The Kier molecular flexibility index (Phi) is 3.97. The molecule has 1 aromatic carbocycles. The zero-order valence-electron chi connectivity index (χ0n) is 11.8. The molecule has 1 fully saturated rings. The number of carbonyl (C=O) groups excluding carboxylic acids is 1. The van der Waals surface area contributed by atoms with Gasteiger partial charge >= 0.3 is 5.97 Å². The van der Waals surface area contributed by atoms with E-state index in [1.807, 2.05) is 24.3 Å². The number of carboxylic acid groups (broad SMARTS) is 1. The molecule has 1 aromatic rings. The lowest BCUT2D eigenvalue weighted by atomic mass is 9.81. The van der Waals surface area contributed by atoms with Crippen LogP contribution in [0.5, 0.6) is 5.75 Å². The monoisotopic (exact) mass is 277 g/mol. The molecule has 1 aliphatic rings. The maximum Gasteiger partial charge on any atom is 0.311 e. The third-order valence-corrected chi connectivity index (χ3v) is 3.83. The third-order valence-electron chi connectivity index (χ3n) is 3.83. The SMILES string of the molecule is COc1ccc(CN2CC(C)(C(=O)O)CCC2=O)cc1. The third kappa shape index (κ3) is 2.92. The van der Waals surface area contributed by atoms with E-state index in [-0.39, 0.29) is 12.5 Å². The number of benzene rings is 1. The van der Waals surface area contributed by atoms with Crippen molar-refractivity contribution in [2.45, 2.75) is 26.3 Å². The van der Waals surface area contributed by atoms with Gasteiger partial charge in [0.2, 0.25) is 5.91 Å². The summed E-state index contributed by atoms with van der Waals surface area (Å²) in [4.78, 5) is 24.9. The number of carbonyl (C=O) groups is 2. The normalized spacial score (nSPS) is 22.7. The number of methoxy groups -OCH3 is 1. The van der Waals surface area contributed by atoms with E-state index in [0.29, 0.717) is 19.4 Å². The highest BCUT2D eigenvalue weighted by Gasteiger charge is 2.40. The minimum atomic E-state index is -0.847. The molecule has 0 aromatic heterocycles. The summed E-state index contributed by atoms with van der Waals surface area (Å²) < 4.78 is 5.09. The summed E-state index contributed by atoms with van der Waals surface area (Å²) in [7, 11) is 1.60. The molecule has 1 heterocycles. The van der Waals surface area contributed by atoms with Gasteiger partial charge in [-0.3, -0.25) is 9.59 Å². The minimum absolute atomic E-state index is 0.0135. The second kappa shape index (κ2) is 5.53. The molecule has 1 aliphatic heterocycles. The van der Waals surface area contributed by atoms with Gasteiger partial charge in [-0.05, 0) is 31.0 Å². The van der Waals surface area contributed by atoms with Gasteiger partial charge in [-0.15, -0.1) is 0 Å². The largest absolute Gasteiger partial charge is 0.497 e. The standard InChI is InChI=1S/C15H19NO4/c1-15(14(18)19)8-7-13(17)16(10-15)9-11-3-5-12(20-2)6-4-11/h3-6H,7-10H2,1-2H3,(H,18,19). The maximum atomic E-state index is 11.9. The Bertz CT molecular complexity index is 511. The molecule has 0 radical (unpaired) electrons. The number of nitrogens with zero attached hydrogens (tertiary/aromatic N) is 1. The molecule has 0 spiro atoms. The van der Waals surface area contributed by atoms with Gasteiger partial charge in [0.05, 0.1) is 12.5 Å². The van der Waals surface area contributed by atoms with Crippen LogP contribution >= 0.6 is 0 Å². The van der Waals surface area contributed by atoms with Gasteiger partial charge in [-0.25, -0.2) is 0 Å². The number of aliphatic carboxylic acids is 1. The Morgan fingerprint density at radius 2 is 2.05 bits per heavy atom. The maximum absolute atomic E-state index is 11.9. The Morgan fingerprint density at radius 1 is 1.40 bits per heavy atom. The number of piperidine rings is 1. The molecule has 5 nitrogen and oxygen atoms in total. The van der Waals surface area contributed by atoms with Gasteiger partial charge < -0.3 is 14.7 Å². The number of ether oxygens (including phenoxy) is 1. The molecule has 1 amide bonds. The Morgan fingerprint density at radius 3 is 2.60 bits per heavy atom. The molecule has 2 rings (SSSR count). The molecular formula is C15H19NO4. The fourth-order valence-electron chi connectivity index (χ4n) is 2.40. The molecule has 1 unspecified atom stereocenters. The predicted octanol–water partition coefficient (Wildman–Crippen LogP) is 1.91. The van der Waals surface area contributed by atoms with E-state index in [2.05, 4.69) is 0 Å². The van der Waals surface area contributed by atoms with E-state index in [0.717, 1.165) is 11.3 Å². The van der Waals surface area contributed by atoms with Gasteiger partial charge in [-0.1, -0.05) is 12.1 Å². The van der Waals surface area contributed by atoms with Gasteiger partial charge in [0.15, 0.2) is 0 Å². The molecular weight excluding hydrogens is 258 g/mol. The summed E-state index contributed by atoms with van der Waals surface area (Å²) >= 11 is 0. The van der Waals surface area contributed by atoms with E-state index in [1.165, 1.54) is 0 Å². The average Bonchev–Trinajstić information content (AvgIpc) is 2.44. The summed E-state index contributed by atoms with van der Waals surface area (Å²) in [5.74, 6) is -0.0710. The van der Waals surface area contributed by atoms with Crippen LogP contribution in [0.25, 0.3) is 0 Å². The van der Waals surface area contributed by atoms with Crippen molar-refractivity contribution >= 4 is 11.9 Å². The first-order valence-electron chi connectivity index (χ1n) is 6.59. The Hall–Kier alpha value is -2.04. The highest BCUT2D eigenvalue weighted by Crippen LogP contribution is 2.31. The van der Waals surface area contributed by atoms with Crippen molar-refractivity contribution in [2.24, 2.45) is 5.41 Å². The van der Waals surface area contributed by atoms with E-state index < -0.39 is 11.4 Å². The lowest BCUT2D eigenvalue weighted by Gasteiger charge is -2.37. The summed E-state index contributed by atoms with van der Waals surface area (Å²) in [6.45, 7) is 2.39. The fourth-order valence-corrected chi connectivity index (χ4v) is 2.40. The van der Waals surface area contributed by atoms with Gasteiger partial charge in [0.25, 0.3) is 0 Å². The summed E-state index contributed by atoms with van der Waals surface area (Å²) in [5.41, 5.74) is 0.120. The van der Waals surface area contributed by atoms with Crippen molar-refractivity contribution in [3.05, 3.63) is 29.8 Å². The van der Waals surface area contributed by atoms with Crippen molar-refractivity contribution in [3.8, 4) is 5.75 Å². The number of rotatable bonds is 4. The lowest BCUT2D eigenvalue weighted by molar-refractivity contribution is -0.155. The highest BCUT2D eigenvalue weighted by atomic mass is 16.5. The molecule has 20 heavy (non-hydrogen) atoms. The number of carboxylic acids is 1. The topological polar surface area (TPSA) is 66.8 Å². The van der Waals surface area contributed by atoms with Gasteiger partial charge in [0, 0.05) is 19.5 Å². The van der Waals surface area contributed by atoms with Gasteiger partial charge in [-0.2, -0.15) is 0 Å². The highest BCUT2D eigenvalue weighted by molar-refractivity contribution is 5.82. The van der Waals surface area contributed by atoms with Crippen LogP contribution in [-0.4, -0.2) is 35.5 Å². The van der Waals surface area contributed by atoms with Crippen molar-refractivity contribution in [3.63, 3.8) is 0 Å². The van der Waals surface area contributed by atoms with Crippen molar-refractivity contribution < 1.29 is 19.4 Å². The van der Waals surface area contributed by atoms with E-state index in [9.17, 15) is 14.7 Å². The zero-order valence-corrected chi connectivity index (χ0v) is 11.8. The van der Waals surface area contributed by atoms with Crippen molar-refractivity contribution in [2.75, 3.05) is 13.7 Å². The van der Waals surface area contributed by atoms with E-state index in [4.69, 9.17) is 4.74 Å². The van der Waals surface area contributed by atoms with Crippen LogP contribution in [-0.2, 0) is 16.1 Å². The molecule has 5 heteroatoms. The van der Waals surface area contributed by atoms with Crippen molar-refractivity contribution in [1.82, 2.24) is 4.90 Å². The molecule has 0 saturated carbocycles. The Balaban J connectivity index is 2.10. The minimum Gasteiger partial charge on any atom is -0.497 e. The van der Waals surface area contributed by atoms with Crippen molar-refractivity contribution in [1.29, 1.82) is 0 Å². The van der Waals surface area contributed by atoms with Crippen LogP contribution in [0, 0.1) is 5.41 Å².